The Bertz CT molecular complexity index is 960. The monoisotopic (exact) mass is 454 g/mol. The number of hydrogen-bond acceptors (Lipinski definition) is 5. The summed E-state index contributed by atoms with van der Waals surface area (Å²) in [5, 5.41) is 29.4. The summed E-state index contributed by atoms with van der Waals surface area (Å²) in [6, 6.07) is 11.1. The molecular formula is C27H34O6. The first-order valence-electron chi connectivity index (χ1n) is 11.6. The summed E-state index contributed by atoms with van der Waals surface area (Å²) in [6.07, 6.45) is 4.02. The van der Waals surface area contributed by atoms with Crippen LogP contribution in [0.4, 0.5) is 0 Å². The van der Waals surface area contributed by atoms with Gasteiger partial charge in [0.25, 0.3) is 0 Å². The van der Waals surface area contributed by atoms with Crippen LogP contribution in [-0.4, -0.2) is 33.9 Å². The Morgan fingerprint density at radius 1 is 0.939 bits per heavy atom. The molecule has 33 heavy (non-hydrogen) atoms. The minimum Gasteiger partial charge on any atom is -0.508 e. The highest BCUT2D eigenvalue weighted by atomic mass is 16.5. The van der Waals surface area contributed by atoms with Crippen LogP contribution in [0.15, 0.2) is 36.4 Å². The molecule has 2 atom stereocenters. The summed E-state index contributed by atoms with van der Waals surface area (Å²) in [5.74, 6) is -2.09. The van der Waals surface area contributed by atoms with E-state index < -0.39 is 29.2 Å². The first kappa shape index (κ1) is 24.6. The molecule has 2 unspecified atom stereocenters. The molecule has 0 saturated heterocycles. The molecule has 0 spiro atoms. The molecule has 1 aliphatic carbocycles. The van der Waals surface area contributed by atoms with Crippen LogP contribution in [0.1, 0.15) is 67.7 Å². The number of ether oxygens (including phenoxy) is 1. The number of hydrogen-bond donors (Lipinski definition) is 3. The second kappa shape index (κ2) is 10.3. The number of aliphatic carboxylic acids is 1. The highest BCUT2D eigenvalue weighted by Crippen LogP contribution is 2.39. The zero-order valence-electron chi connectivity index (χ0n) is 19.6. The number of carbonyl (C=O) groups is 2. The third kappa shape index (κ3) is 5.49. The summed E-state index contributed by atoms with van der Waals surface area (Å²) < 4.78 is 5.53. The number of aryl methyl sites for hydroxylation is 2. The largest absolute Gasteiger partial charge is 0.508 e. The maximum Gasteiger partial charge on any atom is 0.309 e. The molecule has 0 aromatic heterocycles. The molecule has 3 N–H and O–H groups in total. The molecule has 1 saturated carbocycles. The molecular weight excluding hydrogens is 420 g/mol. The van der Waals surface area contributed by atoms with Gasteiger partial charge in [0.2, 0.25) is 0 Å². The van der Waals surface area contributed by atoms with E-state index >= 15 is 0 Å². The number of phenolic OH excluding ortho intramolecular Hbond substituents is 2. The van der Waals surface area contributed by atoms with Crippen molar-refractivity contribution in [3.8, 4) is 11.5 Å². The minimum absolute atomic E-state index is 0.214. The first-order valence-corrected chi connectivity index (χ1v) is 11.6. The van der Waals surface area contributed by atoms with Crippen LogP contribution in [0.2, 0.25) is 0 Å². The van der Waals surface area contributed by atoms with Crippen LogP contribution in [-0.2, 0) is 19.7 Å². The quantitative estimate of drug-likeness (QED) is 0.372. The number of benzene rings is 2. The zero-order valence-corrected chi connectivity index (χ0v) is 19.6. The second-order valence-electron chi connectivity index (χ2n) is 9.44. The molecule has 2 aromatic rings. The highest BCUT2D eigenvalue weighted by molar-refractivity contribution is 5.81. The molecule has 6 heteroatoms. The zero-order chi connectivity index (χ0) is 24.2. The average molecular weight is 455 g/mol. The Hall–Kier alpha value is -3.02. The number of carboxylic acid groups (broad SMARTS) is 1. The third-order valence-electron chi connectivity index (χ3n) is 7.12. The number of rotatable bonds is 8. The van der Waals surface area contributed by atoms with E-state index in [1.54, 1.807) is 12.1 Å². The standard InChI is InChI=1S/C27H34O6/c1-17-15-19(9-11-23(17)28)27(3,20-10-12-24(29)18(2)16-20)13-6-14-33-26(32)22-8-5-4-7-21(22)25(30)31/h9-12,15-16,21-22,28-29H,4-8,13-14H2,1-3H3,(H,30,31). The molecule has 1 fully saturated rings. The molecule has 2 aromatic carbocycles. The van der Waals surface area contributed by atoms with E-state index in [-0.39, 0.29) is 18.1 Å². The highest BCUT2D eigenvalue weighted by Gasteiger charge is 2.37. The predicted octanol–water partition coefficient (Wildman–Crippen LogP) is 5.24. The molecule has 3 rings (SSSR count). The van der Waals surface area contributed by atoms with Crippen molar-refractivity contribution in [3.05, 3.63) is 58.7 Å². The number of phenols is 2. The summed E-state index contributed by atoms with van der Waals surface area (Å²) in [7, 11) is 0. The van der Waals surface area contributed by atoms with E-state index in [0.717, 1.165) is 35.1 Å². The summed E-state index contributed by atoms with van der Waals surface area (Å²) in [6.45, 7) is 6.03. The van der Waals surface area contributed by atoms with Crippen LogP contribution in [0.25, 0.3) is 0 Å². The number of aromatic hydroxyl groups is 2. The SMILES string of the molecule is Cc1cc(C(C)(CCCOC(=O)C2CCCCC2C(=O)O)c2ccc(O)c(C)c2)ccc1O. The fraction of sp³-hybridized carbons (Fsp3) is 0.481. The van der Waals surface area contributed by atoms with Gasteiger partial charge in [-0.15, -0.1) is 0 Å². The Labute approximate surface area is 195 Å². The molecule has 0 radical (unpaired) electrons. The maximum atomic E-state index is 12.6. The van der Waals surface area contributed by atoms with Gasteiger partial charge in [-0.2, -0.15) is 0 Å². The van der Waals surface area contributed by atoms with Crippen molar-refractivity contribution in [2.45, 2.75) is 64.7 Å². The van der Waals surface area contributed by atoms with E-state index in [4.69, 9.17) is 4.74 Å². The van der Waals surface area contributed by atoms with Gasteiger partial charge in [0.15, 0.2) is 0 Å². The van der Waals surface area contributed by atoms with E-state index in [1.807, 2.05) is 38.1 Å². The minimum atomic E-state index is -0.922. The van der Waals surface area contributed by atoms with Crippen molar-refractivity contribution in [2.24, 2.45) is 11.8 Å². The smallest absolute Gasteiger partial charge is 0.309 e. The van der Waals surface area contributed by atoms with Gasteiger partial charge < -0.3 is 20.1 Å². The fourth-order valence-electron chi connectivity index (χ4n) is 4.87. The second-order valence-corrected chi connectivity index (χ2v) is 9.44. The van der Waals surface area contributed by atoms with Crippen LogP contribution in [0.3, 0.4) is 0 Å². The average Bonchev–Trinajstić information content (AvgIpc) is 2.79. The Balaban J connectivity index is 1.74. The normalized spacial score (nSPS) is 18.6. The van der Waals surface area contributed by atoms with E-state index in [2.05, 4.69) is 6.92 Å². The number of carboxylic acids is 1. The van der Waals surface area contributed by atoms with Crippen LogP contribution < -0.4 is 0 Å². The summed E-state index contributed by atoms with van der Waals surface area (Å²) in [4.78, 5) is 24.1. The van der Waals surface area contributed by atoms with Crippen molar-refractivity contribution in [3.63, 3.8) is 0 Å². The molecule has 0 heterocycles. The molecule has 6 nitrogen and oxygen atoms in total. The molecule has 0 amide bonds. The van der Waals surface area contributed by atoms with Gasteiger partial charge in [0.05, 0.1) is 18.4 Å². The topological polar surface area (TPSA) is 104 Å². The lowest BCUT2D eigenvalue weighted by Crippen LogP contribution is -2.34. The van der Waals surface area contributed by atoms with E-state index in [9.17, 15) is 24.9 Å². The Morgan fingerprint density at radius 3 is 1.94 bits per heavy atom. The first-order chi connectivity index (χ1) is 15.6. The van der Waals surface area contributed by atoms with E-state index in [1.165, 1.54) is 0 Å². The Kier molecular flexibility index (Phi) is 7.67. The lowest BCUT2D eigenvalue weighted by atomic mass is 9.72. The lowest BCUT2D eigenvalue weighted by molar-refractivity contribution is -0.159. The van der Waals surface area contributed by atoms with Crippen LogP contribution in [0.5, 0.6) is 11.5 Å². The molecule has 0 aliphatic heterocycles. The molecule has 0 bridgehead atoms. The van der Waals surface area contributed by atoms with Crippen molar-refractivity contribution in [2.75, 3.05) is 6.61 Å². The number of esters is 1. The van der Waals surface area contributed by atoms with Crippen LogP contribution in [0, 0.1) is 25.7 Å². The Morgan fingerprint density at radius 2 is 1.45 bits per heavy atom. The van der Waals surface area contributed by atoms with Crippen LogP contribution >= 0.6 is 0 Å². The lowest BCUT2D eigenvalue weighted by Gasteiger charge is -2.32. The van der Waals surface area contributed by atoms with Gasteiger partial charge >= 0.3 is 11.9 Å². The molecule has 178 valence electrons. The van der Waals surface area contributed by atoms with Gasteiger partial charge in [0, 0.05) is 5.41 Å². The van der Waals surface area contributed by atoms with Gasteiger partial charge in [-0.3, -0.25) is 9.59 Å². The molecule has 1 aliphatic rings. The van der Waals surface area contributed by atoms with Crippen molar-refractivity contribution in [1.82, 2.24) is 0 Å². The van der Waals surface area contributed by atoms with Gasteiger partial charge in [-0.25, -0.2) is 0 Å². The van der Waals surface area contributed by atoms with E-state index in [0.29, 0.717) is 25.7 Å². The van der Waals surface area contributed by atoms with Gasteiger partial charge in [-0.1, -0.05) is 44.0 Å². The summed E-state index contributed by atoms with van der Waals surface area (Å²) in [5.41, 5.74) is 3.16. The third-order valence-corrected chi connectivity index (χ3v) is 7.12. The predicted molar refractivity (Wildman–Crippen MR) is 125 cm³/mol. The van der Waals surface area contributed by atoms with Crippen molar-refractivity contribution < 1.29 is 29.6 Å². The maximum absolute atomic E-state index is 12.6. The van der Waals surface area contributed by atoms with Crippen molar-refractivity contribution >= 4 is 11.9 Å². The number of carbonyl (C=O) groups excluding carboxylic acids is 1. The summed E-state index contributed by atoms with van der Waals surface area (Å²) >= 11 is 0. The van der Waals surface area contributed by atoms with Gasteiger partial charge in [0.1, 0.15) is 11.5 Å². The fourth-order valence-corrected chi connectivity index (χ4v) is 4.87. The van der Waals surface area contributed by atoms with Crippen molar-refractivity contribution in [1.29, 1.82) is 0 Å². The van der Waals surface area contributed by atoms with Gasteiger partial charge in [-0.05, 0) is 73.9 Å².